The Hall–Kier alpha value is -0.590. The highest BCUT2D eigenvalue weighted by molar-refractivity contribution is 14.1. The summed E-state index contributed by atoms with van der Waals surface area (Å²) >= 11 is 1.95. The minimum Gasteiger partial charge on any atom is -0.492 e. The van der Waals surface area contributed by atoms with Crippen LogP contribution in [0.2, 0.25) is 0 Å². The average Bonchev–Trinajstić information content (AvgIpc) is 1.95. The van der Waals surface area contributed by atoms with Crippen molar-refractivity contribution < 1.29 is 5.11 Å². The van der Waals surface area contributed by atoms with E-state index in [4.69, 9.17) is 5.11 Å². The fourth-order valence-corrected chi connectivity index (χ4v) is 0.738. The highest BCUT2D eigenvalue weighted by Crippen LogP contribution is 2.15. The van der Waals surface area contributed by atoms with E-state index < -0.39 is 0 Å². The Morgan fingerprint density at radius 2 is 2.40 bits per heavy atom. The second-order valence-electron chi connectivity index (χ2n) is 1.62. The Kier molecular flexibility index (Phi) is 2.25. The lowest BCUT2D eigenvalue weighted by molar-refractivity contribution is 0.448. The highest BCUT2D eigenvalue weighted by Gasteiger charge is 1.99. The molecule has 2 N–H and O–H groups in total. The van der Waals surface area contributed by atoms with E-state index in [0.717, 1.165) is 0 Å². The number of aromatic nitrogens is 2. The van der Waals surface area contributed by atoms with Crippen molar-refractivity contribution in [1.29, 1.82) is 0 Å². The van der Waals surface area contributed by atoms with Crippen LogP contribution in [0, 0.1) is 3.57 Å². The maximum absolute atomic E-state index is 9.03. The number of halogens is 1. The first-order chi connectivity index (χ1) is 4.74. The SMILES string of the molecule is CNc1ncc(I)c(O)n1. The number of anilines is 1. The molecular formula is C5H6IN3O. The molecule has 1 heterocycles. The first-order valence-electron chi connectivity index (χ1n) is 2.63. The summed E-state index contributed by atoms with van der Waals surface area (Å²) in [5, 5.41) is 11.7. The second-order valence-corrected chi connectivity index (χ2v) is 2.78. The van der Waals surface area contributed by atoms with Gasteiger partial charge < -0.3 is 10.4 Å². The summed E-state index contributed by atoms with van der Waals surface area (Å²) < 4.78 is 0.650. The smallest absolute Gasteiger partial charge is 0.229 e. The van der Waals surface area contributed by atoms with Gasteiger partial charge in [-0.05, 0) is 22.6 Å². The number of nitrogens with one attached hydrogen (secondary N) is 1. The first kappa shape index (κ1) is 7.52. The second kappa shape index (κ2) is 3.00. The standard InChI is InChI=1S/C5H6IN3O/c1-7-5-8-2-3(6)4(10)9-5/h2H,1H3,(H2,7,8,9,10). The zero-order chi connectivity index (χ0) is 7.56. The van der Waals surface area contributed by atoms with Gasteiger partial charge in [-0.25, -0.2) is 4.98 Å². The molecule has 0 saturated heterocycles. The first-order valence-corrected chi connectivity index (χ1v) is 3.71. The highest BCUT2D eigenvalue weighted by atomic mass is 127. The van der Waals surface area contributed by atoms with Crippen molar-refractivity contribution in [2.45, 2.75) is 0 Å². The minimum absolute atomic E-state index is 0.0138. The van der Waals surface area contributed by atoms with Crippen LogP contribution in [0.3, 0.4) is 0 Å². The zero-order valence-electron chi connectivity index (χ0n) is 5.30. The average molecular weight is 251 g/mol. The zero-order valence-corrected chi connectivity index (χ0v) is 7.45. The molecule has 0 aliphatic heterocycles. The predicted octanol–water partition coefficient (Wildman–Crippen LogP) is 0.829. The normalized spacial score (nSPS) is 9.40. The summed E-state index contributed by atoms with van der Waals surface area (Å²) in [6.07, 6.45) is 1.55. The topological polar surface area (TPSA) is 58.0 Å². The van der Waals surface area contributed by atoms with Crippen molar-refractivity contribution in [3.8, 4) is 5.88 Å². The molecular weight excluding hydrogens is 245 g/mol. The van der Waals surface area contributed by atoms with E-state index in [0.29, 0.717) is 9.52 Å². The van der Waals surface area contributed by atoms with Crippen molar-refractivity contribution in [1.82, 2.24) is 9.97 Å². The molecule has 1 aromatic heterocycles. The van der Waals surface area contributed by atoms with Crippen LogP contribution >= 0.6 is 22.6 Å². The molecule has 0 amide bonds. The van der Waals surface area contributed by atoms with Gasteiger partial charge in [-0.15, -0.1) is 0 Å². The molecule has 5 heteroatoms. The van der Waals surface area contributed by atoms with Crippen molar-refractivity contribution in [2.75, 3.05) is 12.4 Å². The van der Waals surface area contributed by atoms with E-state index >= 15 is 0 Å². The Morgan fingerprint density at radius 1 is 1.70 bits per heavy atom. The van der Waals surface area contributed by atoms with Gasteiger partial charge in [0, 0.05) is 13.2 Å². The van der Waals surface area contributed by atoms with Crippen molar-refractivity contribution in [2.24, 2.45) is 0 Å². The van der Waals surface area contributed by atoms with Crippen molar-refractivity contribution in [3.63, 3.8) is 0 Å². The molecule has 1 aromatic rings. The number of hydrogen-bond acceptors (Lipinski definition) is 4. The lowest BCUT2D eigenvalue weighted by Crippen LogP contribution is -1.95. The maximum atomic E-state index is 9.03. The van der Waals surface area contributed by atoms with Crippen LogP contribution < -0.4 is 5.32 Å². The number of rotatable bonds is 1. The molecule has 0 unspecified atom stereocenters. The monoisotopic (exact) mass is 251 g/mol. The molecule has 0 bridgehead atoms. The van der Waals surface area contributed by atoms with Crippen LogP contribution in [0.25, 0.3) is 0 Å². The molecule has 0 fully saturated rings. The molecule has 0 aromatic carbocycles. The molecule has 0 radical (unpaired) electrons. The van der Waals surface area contributed by atoms with Gasteiger partial charge in [0.2, 0.25) is 11.8 Å². The van der Waals surface area contributed by atoms with Gasteiger partial charge in [-0.2, -0.15) is 4.98 Å². The lowest BCUT2D eigenvalue weighted by atomic mass is 10.6. The summed E-state index contributed by atoms with van der Waals surface area (Å²) in [5.41, 5.74) is 0. The molecule has 10 heavy (non-hydrogen) atoms. The Labute approximate surface area is 71.8 Å². The van der Waals surface area contributed by atoms with Crippen LogP contribution in [-0.2, 0) is 0 Å². The van der Waals surface area contributed by atoms with Crippen LogP contribution in [0.15, 0.2) is 6.20 Å². The van der Waals surface area contributed by atoms with E-state index in [-0.39, 0.29) is 5.88 Å². The third kappa shape index (κ3) is 1.47. The summed E-state index contributed by atoms with van der Waals surface area (Å²) in [7, 11) is 1.70. The molecule has 1 rings (SSSR count). The summed E-state index contributed by atoms with van der Waals surface area (Å²) in [6.45, 7) is 0. The largest absolute Gasteiger partial charge is 0.492 e. The van der Waals surface area contributed by atoms with Gasteiger partial charge in [-0.1, -0.05) is 0 Å². The molecule has 0 saturated carbocycles. The molecule has 0 aliphatic rings. The van der Waals surface area contributed by atoms with Gasteiger partial charge >= 0.3 is 0 Å². The maximum Gasteiger partial charge on any atom is 0.229 e. The Bertz CT molecular complexity index is 240. The van der Waals surface area contributed by atoms with Crippen LogP contribution in [-0.4, -0.2) is 22.1 Å². The minimum atomic E-state index is 0.0138. The summed E-state index contributed by atoms with van der Waals surface area (Å²) in [4.78, 5) is 7.58. The quantitative estimate of drug-likeness (QED) is 0.726. The molecule has 0 atom stereocenters. The number of aromatic hydroxyl groups is 1. The van der Waals surface area contributed by atoms with Crippen molar-refractivity contribution in [3.05, 3.63) is 9.77 Å². The van der Waals surface area contributed by atoms with Gasteiger partial charge in [-0.3, -0.25) is 0 Å². The Morgan fingerprint density at radius 3 is 2.90 bits per heavy atom. The summed E-state index contributed by atoms with van der Waals surface area (Å²) in [6, 6.07) is 0. The fourth-order valence-electron chi connectivity index (χ4n) is 0.479. The molecule has 0 spiro atoms. The molecule has 54 valence electrons. The van der Waals surface area contributed by atoms with Gasteiger partial charge in [0.05, 0.1) is 3.57 Å². The third-order valence-corrected chi connectivity index (χ3v) is 1.71. The summed E-state index contributed by atoms with van der Waals surface area (Å²) in [5.74, 6) is 0.442. The van der Waals surface area contributed by atoms with Gasteiger partial charge in [0.25, 0.3) is 0 Å². The van der Waals surface area contributed by atoms with Crippen LogP contribution in [0.4, 0.5) is 5.95 Å². The van der Waals surface area contributed by atoms with E-state index in [2.05, 4.69) is 15.3 Å². The number of hydrogen-bond donors (Lipinski definition) is 2. The van der Waals surface area contributed by atoms with E-state index in [1.807, 2.05) is 22.6 Å². The van der Waals surface area contributed by atoms with Gasteiger partial charge in [0.15, 0.2) is 0 Å². The van der Waals surface area contributed by atoms with Crippen LogP contribution in [0.5, 0.6) is 5.88 Å². The fraction of sp³-hybridized carbons (Fsp3) is 0.200. The molecule has 0 aliphatic carbocycles. The van der Waals surface area contributed by atoms with E-state index in [9.17, 15) is 0 Å². The van der Waals surface area contributed by atoms with Crippen LogP contribution in [0.1, 0.15) is 0 Å². The number of nitrogens with zero attached hydrogens (tertiary/aromatic N) is 2. The lowest BCUT2D eigenvalue weighted by Gasteiger charge is -1.98. The predicted molar refractivity (Wildman–Crippen MR) is 46.0 cm³/mol. The van der Waals surface area contributed by atoms with Crippen molar-refractivity contribution >= 4 is 28.5 Å². The third-order valence-electron chi connectivity index (χ3n) is 0.949. The van der Waals surface area contributed by atoms with E-state index in [1.54, 1.807) is 13.2 Å². The van der Waals surface area contributed by atoms with E-state index in [1.165, 1.54) is 0 Å². The van der Waals surface area contributed by atoms with Gasteiger partial charge in [0.1, 0.15) is 0 Å². The Balaban J connectivity index is 3.04. The molecule has 4 nitrogen and oxygen atoms in total.